The number of methoxy groups -OCH3 is 2. The quantitative estimate of drug-likeness (QED) is 0.627. The first-order chi connectivity index (χ1) is 14.6. The van der Waals surface area contributed by atoms with Gasteiger partial charge in [-0.3, -0.25) is 0 Å². The van der Waals surface area contributed by atoms with Gasteiger partial charge in [-0.2, -0.15) is 5.26 Å². The van der Waals surface area contributed by atoms with Crippen molar-refractivity contribution in [2.45, 2.75) is 6.42 Å². The maximum atomic E-state index is 12.7. The molecule has 1 fully saturated rings. The lowest BCUT2D eigenvalue weighted by molar-refractivity contribution is 0.0603. The van der Waals surface area contributed by atoms with Crippen LogP contribution in [0.3, 0.4) is 0 Å². The molecule has 0 amide bonds. The number of nitrogens with zero attached hydrogens (tertiary/aromatic N) is 3. The van der Waals surface area contributed by atoms with Gasteiger partial charge in [0.15, 0.2) is 0 Å². The van der Waals surface area contributed by atoms with E-state index in [9.17, 15) is 15.2 Å². The summed E-state index contributed by atoms with van der Waals surface area (Å²) in [6.07, 6.45) is 2.38. The van der Waals surface area contributed by atoms with Gasteiger partial charge in [-0.25, -0.2) is 9.78 Å². The van der Waals surface area contributed by atoms with Crippen molar-refractivity contribution in [3.63, 3.8) is 0 Å². The monoisotopic (exact) mass is 406 g/mol. The lowest BCUT2D eigenvalue weighted by Crippen LogP contribution is -2.23. The Morgan fingerprint density at radius 1 is 1.40 bits per heavy atom. The minimum absolute atomic E-state index is 0.104. The molecule has 1 aromatic heterocycles. The number of aliphatic hydroxyl groups is 1. The standard InChI is InChI=1S/C22H22N4O4/c1-29-18-4-3-14(7-15(18)9-23)16-8-17(26-6-5-13(10-26)11-27)19(22(28)30-2)21-20(16)24-12-25-21/h3-4,7-8,12-13,27H,5-6,10-11H2,1-2H3,(H,24,25)/t13-/m0/s1. The van der Waals surface area contributed by atoms with Crippen LogP contribution in [0.1, 0.15) is 22.3 Å². The third-order valence-electron chi connectivity index (χ3n) is 5.59. The van der Waals surface area contributed by atoms with Crippen molar-refractivity contribution in [3.8, 4) is 22.9 Å². The van der Waals surface area contributed by atoms with Gasteiger partial charge >= 0.3 is 5.97 Å². The van der Waals surface area contributed by atoms with Crippen molar-refractivity contribution in [1.29, 1.82) is 5.26 Å². The van der Waals surface area contributed by atoms with Crippen LogP contribution in [-0.4, -0.2) is 55.0 Å². The van der Waals surface area contributed by atoms with Crippen LogP contribution in [0.25, 0.3) is 22.2 Å². The fraction of sp³-hybridized carbons (Fsp3) is 0.318. The van der Waals surface area contributed by atoms with Crippen LogP contribution in [0.5, 0.6) is 5.75 Å². The summed E-state index contributed by atoms with van der Waals surface area (Å²) < 4.78 is 10.3. The molecule has 0 spiro atoms. The smallest absolute Gasteiger partial charge is 0.342 e. The summed E-state index contributed by atoms with van der Waals surface area (Å²) in [6.45, 7) is 1.47. The van der Waals surface area contributed by atoms with Crippen molar-refractivity contribution < 1.29 is 19.4 Å². The van der Waals surface area contributed by atoms with Crippen LogP contribution in [-0.2, 0) is 4.74 Å². The third kappa shape index (κ3) is 3.23. The van der Waals surface area contributed by atoms with Crippen molar-refractivity contribution in [3.05, 3.63) is 41.7 Å². The number of aliphatic hydroxyl groups excluding tert-OH is 1. The number of carbonyl (C=O) groups excluding carboxylic acids is 1. The van der Waals surface area contributed by atoms with E-state index in [1.807, 2.05) is 12.1 Å². The first-order valence-corrected chi connectivity index (χ1v) is 9.64. The highest BCUT2D eigenvalue weighted by atomic mass is 16.5. The SMILES string of the molecule is COC(=O)c1c(N2CC[C@H](CO)C2)cc(-c2ccc(OC)c(C#N)c2)c2nc[nH]c12. The second-order valence-electron chi connectivity index (χ2n) is 7.25. The Morgan fingerprint density at radius 3 is 2.90 bits per heavy atom. The molecule has 8 nitrogen and oxygen atoms in total. The number of H-pyrrole nitrogens is 1. The number of carbonyl (C=O) groups is 1. The molecule has 1 aliphatic rings. The van der Waals surface area contributed by atoms with E-state index in [1.165, 1.54) is 14.2 Å². The number of imidazole rings is 1. The summed E-state index contributed by atoms with van der Waals surface area (Å²) in [5.74, 6) is 0.199. The van der Waals surface area contributed by atoms with Crippen LogP contribution >= 0.6 is 0 Å². The van der Waals surface area contributed by atoms with Gasteiger partial charge in [0.25, 0.3) is 0 Å². The van der Waals surface area contributed by atoms with E-state index < -0.39 is 5.97 Å². The molecule has 1 atom stereocenters. The fourth-order valence-corrected chi connectivity index (χ4v) is 4.04. The van der Waals surface area contributed by atoms with Crippen LogP contribution in [0.2, 0.25) is 0 Å². The number of nitriles is 1. The minimum atomic E-state index is -0.453. The number of hydrogen-bond donors (Lipinski definition) is 2. The average molecular weight is 406 g/mol. The lowest BCUT2D eigenvalue weighted by Gasteiger charge is -2.23. The number of aromatic amines is 1. The number of fused-ring (bicyclic) bond motifs is 1. The third-order valence-corrected chi connectivity index (χ3v) is 5.59. The molecule has 0 bridgehead atoms. The predicted octanol–water partition coefficient (Wildman–Crippen LogP) is 2.72. The zero-order valence-corrected chi connectivity index (χ0v) is 16.8. The van der Waals surface area contributed by atoms with E-state index in [4.69, 9.17) is 9.47 Å². The molecule has 1 aliphatic heterocycles. The largest absolute Gasteiger partial charge is 0.495 e. The summed E-state index contributed by atoms with van der Waals surface area (Å²) in [7, 11) is 2.88. The second-order valence-corrected chi connectivity index (χ2v) is 7.25. The molecule has 2 heterocycles. The van der Waals surface area contributed by atoms with Crippen LogP contribution < -0.4 is 9.64 Å². The average Bonchev–Trinajstić information content (AvgIpc) is 3.46. The number of ether oxygens (including phenoxy) is 2. The second kappa shape index (κ2) is 8.05. The van der Waals surface area contributed by atoms with Gasteiger partial charge < -0.3 is 24.5 Å². The Morgan fingerprint density at radius 2 is 2.23 bits per heavy atom. The molecule has 0 aliphatic carbocycles. The molecule has 2 N–H and O–H groups in total. The molecular weight excluding hydrogens is 384 g/mol. The van der Waals surface area contributed by atoms with Gasteiger partial charge in [-0.15, -0.1) is 0 Å². The number of aromatic nitrogens is 2. The van der Waals surface area contributed by atoms with Gasteiger partial charge in [0, 0.05) is 31.2 Å². The normalized spacial score (nSPS) is 15.9. The molecule has 0 unspecified atom stereocenters. The topological polar surface area (TPSA) is 111 Å². The summed E-state index contributed by atoms with van der Waals surface area (Å²) >= 11 is 0. The molecule has 2 aromatic carbocycles. The number of esters is 1. The van der Waals surface area contributed by atoms with Crippen LogP contribution in [0.4, 0.5) is 5.69 Å². The minimum Gasteiger partial charge on any atom is -0.495 e. The lowest BCUT2D eigenvalue weighted by atomic mass is 9.97. The zero-order chi connectivity index (χ0) is 21.3. The fourth-order valence-electron chi connectivity index (χ4n) is 4.04. The summed E-state index contributed by atoms with van der Waals surface area (Å²) in [5.41, 5.74) is 4.33. The maximum Gasteiger partial charge on any atom is 0.342 e. The molecule has 8 heteroatoms. The Balaban J connectivity index is 1.95. The Labute approximate surface area is 173 Å². The number of benzene rings is 2. The highest BCUT2D eigenvalue weighted by Gasteiger charge is 2.29. The highest BCUT2D eigenvalue weighted by Crippen LogP contribution is 2.39. The first kappa shape index (κ1) is 19.7. The number of anilines is 1. The number of hydrogen-bond acceptors (Lipinski definition) is 7. The zero-order valence-electron chi connectivity index (χ0n) is 16.8. The van der Waals surface area contributed by atoms with Crippen molar-refractivity contribution in [1.82, 2.24) is 9.97 Å². The Bertz CT molecular complexity index is 1150. The van der Waals surface area contributed by atoms with E-state index in [0.29, 0.717) is 34.5 Å². The molecule has 3 aromatic rings. The number of nitrogens with one attached hydrogen (secondary N) is 1. The first-order valence-electron chi connectivity index (χ1n) is 9.64. The molecular formula is C22H22N4O4. The van der Waals surface area contributed by atoms with E-state index >= 15 is 0 Å². The van der Waals surface area contributed by atoms with Gasteiger partial charge in [-0.1, -0.05) is 6.07 Å². The van der Waals surface area contributed by atoms with E-state index in [0.717, 1.165) is 29.8 Å². The number of rotatable bonds is 5. The Kier molecular flexibility index (Phi) is 5.29. The molecule has 0 radical (unpaired) electrons. The van der Waals surface area contributed by atoms with E-state index in [1.54, 1.807) is 18.5 Å². The summed E-state index contributed by atoms with van der Waals surface area (Å²) in [4.78, 5) is 22.3. The molecule has 154 valence electrons. The van der Waals surface area contributed by atoms with Gasteiger partial charge in [0.05, 0.1) is 42.8 Å². The molecule has 30 heavy (non-hydrogen) atoms. The maximum absolute atomic E-state index is 12.7. The summed E-state index contributed by atoms with van der Waals surface area (Å²) in [6, 6.07) is 9.44. The van der Waals surface area contributed by atoms with Gasteiger partial charge in [0.1, 0.15) is 17.4 Å². The van der Waals surface area contributed by atoms with Crippen LogP contribution in [0, 0.1) is 17.2 Å². The Hall–Kier alpha value is -3.57. The van der Waals surface area contributed by atoms with Crippen molar-refractivity contribution in [2.24, 2.45) is 5.92 Å². The van der Waals surface area contributed by atoms with Gasteiger partial charge in [0.2, 0.25) is 0 Å². The highest BCUT2D eigenvalue weighted by molar-refractivity contribution is 6.11. The molecule has 1 saturated heterocycles. The van der Waals surface area contributed by atoms with Crippen LogP contribution in [0.15, 0.2) is 30.6 Å². The van der Waals surface area contributed by atoms with Crippen molar-refractivity contribution >= 4 is 22.7 Å². The summed E-state index contributed by atoms with van der Waals surface area (Å²) in [5, 5.41) is 19.0. The van der Waals surface area contributed by atoms with E-state index in [2.05, 4.69) is 20.9 Å². The van der Waals surface area contributed by atoms with Gasteiger partial charge in [-0.05, 0) is 30.2 Å². The molecule has 0 saturated carbocycles. The molecule has 4 rings (SSSR count). The van der Waals surface area contributed by atoms with E-state index in [-0.39, 0.29) is 12.5 Å². The van der Waals surface area contributed by atoms with Crippen molar-refractivity contribution in [2.75, 3.05) is 38.8 Å². The predicted molar refractivity (Wildman–Crippen MR) is 112 cm³/mol.